The molecule has 0 aliphatic heterocycles. The fraction of sp³-hybridized carbons (Fsp3) is 0.0500. The Morgan fingerprint density at radius 2 is 1.36 bits per heavy atom. The fourth-order valence-electron chi connectivity index (χ4n) is 3.10. The quantitative estimate of drug-likeness (QED) is 0.663. The van der Waals surface area contributed by atoms with Crippen LogP contribution >= 0.6 is 0 Å². The van der Waals surface area contributed by atoms with Crippen LogP contribution in [0, 0.1) is 0 Å². The van der Waals surface area contributed by atoms with E-state index in [0.717, 1.165) is 5.76 Å². The van der Waals surface area contributed by atoms with Crippen LogP contribution in [-0.2, 0) is 0 Å². The van der Waals surface area contributed by atoms with Crippen LogP contribution in [0.1, 0.15) is 18.2 Å². The van der Waals surface area contributed by atoms with Crippen LogP contribution in [0.2, 0.25) is 0 Å². The average Bonchev–Trinajstić information content (AvgIpc) is 3.12. The number of allylic oxidation sites excluding steroid dienone is 1. The lowest BCUT2D eigenvalue weighted by atomic mass is 10.3. The zero-order valence-electron chi connectivity index (χ0n) is 12.4. The van der Waals surface area contributed by atoms with Crippen LogP contribution in [0.15, 0.2) is 83.0 Å². The molecule has 1 aromatic heterocycles. The maximum absolute atomic E-state index is 5.82. The second kappa shape index (κ2) is 5.39. The summed E-state index contributed by atoms with van der Waals surface area (Å²) in [5.41, 5.74) is 2.54. The van der Waals surface area contributed by atoms with E-state index >= 15 is 0 Å². The molecule has 1 heterocycles. The summed E-state index contributed by atoms with van der Waals surface area (Å²) in [4.78, 5) is 0. The highest BCUT2D eigenvalue weighted by Gasteiger charge is 2.24. The highest BCUT2D eigenvalue weighted by Crippen LogP contribution is 2.26. The van der Waals surface area contributed by atoms with Gasteiger partial charge in [0.15, 0.2) is 0 Å². The molecule has 0 bridgehead atoms. The molecule has 106 valence electrons. The van der Waals surface area contributed by atoms with Gasteiger partial charge in [0.25, 0.3) is 0 Å². The molecule has 22 heavy (non-hydrogen) atoms. The van der Waals surface area contributed by atoms with Gasteiger partial charge in [0.1, 0.15) is 5.76 Å². The summed E-state index contributed by atoms with van der Waals surface area (Å²) in [6.45, 7) is 2.20. The number of furan rings is 1. The lowest BCUT2D eigenvalue weighted by molar-refractivity contribution is 0.559. The zero-order chi connectivity index (χ0) is 14.9. The molecule has 0 saturated carbocycles. The predicted octanol–water partition coefficient (Wildman–Crippen LogP) is 3.11. The Kier molecular flexibility index (Phi) is 3.24. The fourth-order valence-corrected chi connectivity index (χ4v) is 5.96. The molecule has 1 nitrogen and oxygen atoms in total. The molecule has 2 heteroatoms. The molecular formula is C20H16OSi. The Balaban J connectivity index is 2.05. The first-order valence-corrected chi connectivity index (χ1v) is 8.96. The second-order valence-electron chi connectivity index (χ2n) is 5.51. The first-order chi connectivity index (χ1) is 10.8. The Labute approximate surface area is 131 Å². The first kappa shape index (κ1) is 13.2. The van der Waals surface area contributed by atoms with Gasteiger partial charge in [-0.25, -0.2) is 0 Å². The summed E-state index contributed by atoms with van der Waals surface area (Å²) < 4.78 is 5.82. The van der Waals surface area contributed by atoms with E-state index in [9.17, 15) is 0 Å². The van der Waals surface area contributed by atoms with Crippen molar-refractivity contribution in [3.05, 3.63) is 89.9 Å². The number of benzene rings is 2. The molecule has 0 atom stereocenters. The Morgan fingerprint density at radius 1 is 0.773 bits per heavy atom. The van der Waals surface area contributed by atoms with E-state index < -0.39 is 8.41 Å². The van der Waals surface area contributed by atoms with Crippen molar-refractivity contribution >= 4 is 30.0 Å². The van der Waals surface area contributed by atoms with E-state index in [4.69, 9.17) is 4.42 Å². The van der Waals surface area contributed by atoms with Crippen molar-refractivity contribution in [2.24, 2.45) is 0 Å². The highest BCUT2D eigenvalue weighted by molar-refractivity contribution is 6.95. The standard InChI is InChI=1S/C20H16OSi/c1-15-14-16-12-13-21-19(16)20(15)22(17-8-4-2-5-9-17)18-10-6-3-7-11-18/h2-14H,1H3. The molecule has 4 rings (SSSR count). The minimum absolute atomic E-state index is 1.05. The molecular weight excluding hydrogens is 284 g/mol. The number of hydrogen-bond acceptors (Lipinski definition) is 1. The van der Waals surface area contributed by atoms with E-state index in [0.29, 0.717) is 0 Å². The first-order valence-electron chi connectivity index (χ1n) is 7.46. The van der Waals surface area contributed by atoms with Crippen molar-refractivity contribution in [2.45, 2.75) is 6.92 Å². The minimum atomic E-state index is -1.05. The van der Waals surface area contributed by atoms with Gasteiger partial charge in [-0.05, 0) is 35.0 Å². The van der Waals surface area contributed by atoms with E-state index in [1.165, 1.54) is 26.7 Å². The van der Waals surface area contributed by atoms with Crippen LogP contribution in [0.4, 0.5) is 0 Å². The number of fused-ring (bicyclic) bond motifs is 1. The van der Waals surface area contributed by atoms with Crippen molar-refractivity contribution in [2.75, 3.05) is 0 Å². The third-order valence-corrected chi connectivity index (χ3v) is 7.01. The number of rotatable bonds is 2. The van der Waals surface area contributed by atoms with Gasteiger partial charge < -0.3 is 4.42 Å². The largest absolute Gasteiger partial charge is 0.464 e. The molecule has 0 radical (unpaired) electrons. The number of hydrogen-bond donors (Lipinski definition) is 0. The van der Waals surface area contributed by atoms with Gasteiger partial charge >= 0.3 is 0 Å². The van der Waals surface area contributed by atoms with E-state index in [1.807, 2.05) is 0 Å². The molecule has 3 aromatic rings. The van der Waals surface area contributed by atoms with Crippen LogP contribution in [0.5, 0.6) is 0 Å². The van der Waals surface area contributed by atoms with E-state index in [1.54, 1.807) is 6.26 Å². The van der Waals surface area contributed by atoms with Gasteiger partial charge in [0.05, 0.1) is 14.7 Å². The van der Waals surface area contributed by atoms with E-state index in [-0.39, 0.29) is 0 Å². The zero-order valence-corrected chi connectivity index (χ0v) is 13.4. The van der Waals surface area contributed by atoms with Crippen molar-refractivity contribution in [1.82, 2.24) is 0 Å². The minimum Gasteiger partial charge on any atom is -0.464 e. The van der Waals surface area contributed by atoms with Crippen LogP contribution in [-0.4, -0.2) is 13.6 Å². The van der Waals surface area contributed by atoms with Crippen LogP contribution < -0.4 is 10.4 Å². The SMILES string of the molecule is CC1=Cc2ccoc2C1=[Si](c1ccccc1)c1ccccc1. The Bertz CT molecular complexity index is 829. The topological polar surface area (TPSA) is 13.1 Å². The summed E-state index contributed by atoms with van der Waals surface area (Å²) in [6.07, 6.45) is 4.04. The lowest BCUT2D eigenvalue weighted by Crippen LogP contribution is -2.40. The Hall–Kier alpha value is -2.45. The summed E-state index contributed by atoms with van der Waals surface area (Å²) in [5.74, 6) is 1.05. The van der Waals surface area contributed by atoms with Crippen molar-refractivity contribution in [3.63, 3.8) is 0 Å². The van der Waals surface area contributed by atoms with Gasteiger partial charge in [-0.1, -0.05) is 60.7 Å². The second-order valence-corrected chi connectivity index (χ2v) is 7.92. The summed E-state index contributed by atoms with van der Waals surface area (Å²) in [5, 5.41) is 4.17. The van der Waals surface area contributed by atoms with Gasteiger partial charge in [0.2, 0.25) is 0 Å². The smallest absolute Gasteiger partial charge is 0.137 e. The third-order valence-electron chi connectivity index (χ3n) is 4.06. The van der Waals surface area contributed by atoms with Gasteiger partial charge in [-0.2, -0.15) is 0 Å². The predicted molar refractivity (Wildman–Crippen MR) is 94.4 cm³/mol. The highest BCUT2D eigenvalue weighted by atomic mass is 28.2. The maximum Gasteiger partial charge on any atom is 0.137 e. The molecule has 2 aromatic carbocycles. The molecule has 0 spiro atoms. The molecule has 0 fully saturated rings. The molecule has 1 aliphatic carbocycles. The third kappa shape index (κ3) is 2.13. The van der Waals surface area contributed by atoms with Crippen LogP contribution in [0.3, 0.4) is 0 Å². The normalized spacial score (nSPS) is 13.0. The van der Waals surface area contributed by atoms with Gasteiger partial charge in [-0.3, -0.25) is 0 Å². The molecule has 0 unspecified atom stereocenters. The average molecular weight is 300 g/mol. The van der Waals surface area contributed by atoms with Gasteiger partial charge in [-0.15, -0.1) is 0 Å². The van der Waals surface area contributed by atoms with Crippen molar-refractivity contribution < 1.29 is 4.42 Å². The molecule has 0 amide bonds. The van der Waals surface area contributed by atoms with Crippen molar-refractivity contribution in [1.29, 1.82) is 0 Å². The molecule has 1 aliphatic rings. The monoisotopic (exact) mass is 300 g/mol. The van der Waals surface area contributed by atoms with Gasteiger partial charge in [0, 0.05) is 10.7 Å². The maximum atomic E-state index is 5.82. The van der Waals surface area contributed by atoms with E-state index in [2.05, 4.69) is 79.7 Å². The lowest BCUT2D eigenvalue weighted by Gasteiger charge is -2.12. The molecule has 0 N–H and O–H groups in total. The van der Waals surface area contributed by atoms with Crippen LogP contribution in [0.25, 0.3) is 6.08 Å². The summed E-state index contributed by atoms with van der Waals surface area (Å²) in [6, 6.07) is 23.7. The Morgan fingerprint density at radius 3 is 1.95 bits per heavy atom. The summed E-state index contributed by atoms with van der Waals surface area (Å²) in [7, 11) is -1.05. The van der Waals surface area contributed by atoms with Crippen molar-refractivity contribution in [3.8, 4) is 0 Å². The molecule has 0 saturated heterocycles. The summed E-state index contributed by atoms with van der Waals surface area (Å²) >= 11 is 0.